The summed E-state index contributed by atoms with van der Waals surface area (Å²) in [5.41, 5.74) is -1.27. The van der Waals surface area contributed by atoms with Crippen LogP contribution in [0.15, 0.2) is 12.1 Å². The van der Waals surface area contributed by atoms with Gasteiger partial charge in [0.15, 0.2) is 0 Å². The zero-order valence-corrected chi connectivity index (χ0v) is 16.0. The van der Waals surface area contributed by atoms with Crippen molar-refractivity contribution in [2.24, 2.45) is 0 Å². The molecule has 0 bridgehead atoms. The molecule has 150 valence electrons. The molecule has 4 atom stereocenters. The molecule has 0 radical (unpaired) electrons. The normalized spacial score (nSPS) is 26.5. The molecule has 1 aromatic rings. The van der Waals surface area contributed by atoms with E-state index in [1.807, 2.05) is 0 Å². The third kappa shape index (κ3) is 5.03. The standard InChI is InChI=1S/C17H21Cl2NO7/c1-17(26)10(9-4-8(18)5-11(19)15(9)23)6-27-7-13(17)20-12(16(24)25)2-3-14(21)22/h4-5,10,12-13,20,23,26H,2-3,6-7H2,1H3,(H,21,22)(H,24,25)/p-1. The van der Waals surface area contributed by atoms with Gasteiger partial charge in [-0.1, -0.05) is 23.2 Å². The fraction of sp³-hybridized carbons (Fsp3) is 0.529. The van der Waals surface area contributed by atoms with Crippen molar-refractivity contribution in [2.75, 3.05) is 13.2 Å². The molecular weight excluding hydrogens is 401 g/mol. The summed E-state index contributed by atoms with van der Waals surface area (Å²) in [6, 6.07) is 0.740. The van der Waals surface area contributed by atoms with Crippen molar-refractivity contribution in [3.05, 3.63) is 27.7 Å². The molecule has 0 spiro atoms. The second-order valence-corrected chi connectivity index (χ2v) is 7.51. The Kier molecular flexibility index (Phi) is 6.93. The lowest BCUT2D eigenvalue weighted by molar-refractivity contribution is -0.305. The summed E-state index contributed by atoms with van der Waals surface area (Å²) in [5.74, 6) is -3.63. The Bertz CT molecular complexity index is 725. The molecule has 1 fully saturated rings. The molecule has 1 aromatic carbocycles. The van der Waals surface area contributed by atoms with Gasteiger partial charge in [0.2, 0.25) is 0 Å². The van der Waals surface area contributed by atoms with Gasteiger partial charge in [-0.2, -0.15) is 0 Å². The van der Waals surface area contributed by atoms with Crippen LogP contribution in [0.2, 0.25) is 10.0 Å². The van der Waals surface area contributed by atoms with Gasteiger partial charge < -0.3 is 30.0 Å². The summed E-state index contributed by atoms with van der Waals surface area (Å²) in [4.78, 5) is 22.0. The zero-order valence-electron chi connectivity index (χ0n) is 14.4. The lowest BCUT2D eigenvalue weighted by atomic mass is 9.76. The van der Waals surface area contributed by atoms with Gasteiger partial charge in [-0.25, -0.2) is 0 Å². The number of ether oxygens (including phenoxy) is 1. The SMILES string of the molecule is CC1(O)C(NC(CCC(=O)[O-])C(=O)O)COCC1c1cc(Cl)cc(Cl)c1O. The minimum absolute atomic E-state index is 0.00629. The Morgan fingerprint density at radius 1 is 1.41 bits per heavy atom. The number of aliphatic carboxylic acids is 2. The van der Waals surface area contributed by atoms with Gasteiger partial charge in [-0.05, 0) is 31.9 Å². The number of hydrogen-bond donors (Lipinski definition) is 4. The highest BCUT2D eigenvalue weighted by atomic mass is 35.5. The molecular formula is C17H20Cl2NO7-. The number of carboxylic acid groups (broad SMARTS) is 2. The van der Waals surface area contributed by atoms with Crippen molar-refractivity contribution in [2.45, 2.75) is 43.4 Å². The van der Waals surface area contributed by atoms with Crippen molar-refractivity contribution in [3.63, 3.8) is 0 Å². The number of hydrogen-bond acceptors (Lipinski definition) is 7. The van der Waals surface area contributed by atoms with E-state index in [1.165, 1.54) is 19.1 Å². The lowest BCUT2D eigenvalue weighted by Crippen LogP contribution is -2.62. The lowest BCUT2D eigenvalue weighted by Gasteiger charge is -2.45. The van der Waals surface area contributed by atoms with Crippen LogP contribution in [0.5, 0.6) is 5.75 Å². The molecule has 0 saturated carbocycles. The monoisotopic (exact) mass is 420 g/mol. The number of phenols is 1. The number of aliphatic hydroxyl groups is 1. The fourth-order valence-corrected chi connectivity index (χ4v) is 3.65. The molecule has 1 saturated heterocycles. The van der Waals surface area contributed by atoms with E-state index < -0.39 is 42.0 Å². The molecule has 1 aliphatic heterocycles. The first-order valence-electron chi connectivity index (χ1n) is 8.20. The van der Waals surface area contributed by atoms with Crippen LogP contribution >= 0.6 is 23.2 Å². The Balaban J connectivity index is 2.27. The molecule has 8 nitrogen and oxygen atoms in total. The van der Waals surface area contributed by atoms with E-state index >= 15 is 0 Å². The molecule has 0 aromatic heterocycles. The molecule has 1 aliphatic rings. The number of halogens is 2. The number of carbonyl (C=O) groups excluding carboxylic acids is 1. The average molecular weight is 421 g/mol. The van der Waals surface area contributed by atoms with Crippen LogP contribution in [-0.4, -0.2) is 58.2 Å². The van der Waals surface area contributed by atoms with Gasteiger partial charge in [0.1, 0.15) is 11.8 Å². The number of rotatable bonds is 7. The van der Waals surface area contributed by atoms with Crippen LogP contribution in [-0.2, 0) is 14.3 Å². The predicted molar refractivity (Wildman–Crippen MR) is 94.9 cm³/mol. The highest BCUT2D eigenvalue weighted by Crippen LogP contribution is 2.43. The minimum Gasteiger partial charge on any atom is -0.550 e. The van der Waals surface area contributed by atoms with Gasteiger partial charge >= 0.3 is 5.97 Å². The first-order chi connectivity index (χ1) is 12.5. The zero-order chi connectivity index (χ0) is 20.4. The van der Waals surface area contributed by atoms with Crippen molar-refractivity contribution < 1.29 is 34.8 Å². The number of aromatic hydroxyl groups is 1. The Morgan fingerprint density at radius 2 is 2.07 bits per heavy atom. The van der Waals surface area contributed by atoms with Crippen molar-refractivity contribution in [1.82, 2.24) is 5.32 Å². The van der Waals surface area contributed by atoms with Crippen LogP contribution in [0.1, 0.15) is 31.2 Å². The highest BCUT2D eigenvalue weighted by molar-refractivity contribution is 6.35. The number of benzene rings is 1. The molecule has 4 unspecified atom stereocenters. The molecule has 10 heteroatoms. The second kappa shape index (κ2) is 8.62. The first kappa shape index (κ1) is 21.7. The maximum atomic E-state index is 11.4. The van der Waals surface area contributed by atoms with Gasteiger partial charge in [-0.3, -0.25) is 10.1 Å². The molecule has 0 aliphatic carbocycles. The van der Waals surface area contributed by atoms with Gasteiger partial charge in [0, 0.05) is 22.5 Å². The van der Waals surface area contributed by atoms with E-state index in [-0.39, 0.29) is 41.0 Å². The smallest absolute Gasteiger partial charge is 0.320 e. The summed E-state index contributed by atoms with van der Waals surface area (Å²) in [6.07, 6.45) is -0.670. The van der Waals surface area contributed by atoms with Crippen LogP contribution in [0.3, 0.4) is 0 Å². The predicted octanol–water partition coefficient (Wildman–Crippen LogP) is 0.505. The van der Waals surface area contributed by atoms with Crippen LogP contribution in [0.25, 0.3) is 0 Å². The van der Waals surface area contributed by atoms with Crippen LogP contribution in [0.4, 0.5) is 0 Å². The molecule has 1 heterocycles. The summed E-state index contributed by atoms with van der Waals surface area (Å²) in [7, 11) is 0. The maximum Gasteiger partial charge on any atom is 0.320 e. The Morgan fingerprint density at radius 3 is 2.67 bits per heavy atom. The van der Waals surface area contributed by atoms with Gasteiger partial charge in [-0.15, -0.1) is 0 Å². The highest BCUT2D eigenvalue weighted by Gasteiger charge is 2.46. The van der Waals surface area contributed by atoms with E-state index in [1.54, 1.807) is 0 Å². The Hall–Kier alpha value is -1.58. The quantitative estimate of drug-likeness (QED) is 0.500. The summed E-state index contributed by atoms with van der Waals surface area (Å²) < 4.78 is 5.48. The molecule has 27 heavy (non-hydrogen) atoms. The third-order valence-corrected chi connectivity index (χ3v) is 5.26. The summed E-state index contributed by atoms with van der Waals surface area (Å²) in [6.45, 7) is 1.52. The number of carboxylic acids is 2. The summed E-state index contributed by atoms with van der Waals surface area (Å²) in [5, 5.41) is 44.3. The first-order valence-corrected chi connectivity index (χ1v) is 8.96. The van der Waals surface area contributed by atoms with E-state index in [2.05, 4.69) is 5.32 Å². The second-order valence-electron chi connectivity index (χ2n) is 6.66. The van der Waals surface area contributed by atoms with Gasteiger partial charge in [0.25, 0.3) is 0 Å². The van der Waals surface area contributed by atoms with Gasteiger partial charge in [0.05, 0.1) is 29.9 Å². The number of carbonyl (C=O) groups is 2. The van der Waals surface area contributed by atoms with Crippen LogP contribution in [0, 0.1) is 0 Å². The Labute approximate surface area is 165 Å². The number of nitrogens with one attached hydrogen (secondary N) is 1. The number of phenolic OH excluding ortho intramolecular Hbond substituents is 1. The average Bonchev–Trinajstić information content (AvgIpc) is 2.55. The van der Waals surface area contributed by atoms with Crippen molar-refractivity contribution in [3.8, 4) is 5.75 Å². The topological polar surface area (TPSA) is 139 Å². The minimum atomic E-state index is -1.54. The maximum absolute atomic E-state index is 11.4. The summed E-state index contributed by atoms with van der Waals surface area (Å²) >= 11 is 11.9. The third-order valence-electron chi connectivity index (χ3n) is 4.75. The van der Waals surface area contributed by atoms with Crippen molar-refractivity contribution >= 4 is 35.1 Å². The van der Waals surface area contributed by atoms with Crippen LogP contribution < -0.4 is 10.4 Å². The van der Waals surface area contributed by atoms with E-state index in [0.717, 1.165) is 0 Å². The van der Waals surface area contributed by atoms with E-state index in [9.17, 15) is 30.0 Å². The fourth-order valence-electron chi connectivity index (χ4n) is 3.14. The molecule has 4 N–H and O–H groups in total. The molecule has 0 amide bonds. The van der Waals surface area contributed by atoms with E-state index in [4.69, 9.17) is 27.9 Å². The van der Waals surface area contributed by atoms with E-state index in [0.29, 0.717) is 0 Å². The largest absolute Gasteiger partial charge is 0.550 e. The molecule has 2 rings (SSSR count). The van der Waals surface area contributed by atoms with Crippen molar-refractivity contribution in [1.29, 1.82) is 0 Å².